The van der Waals surface area contributed by atoms with E-state index in [2.05, 4.69) is 5.32 Å². The number of hydrogen-bond acceptors (Lipinski definition) is 2. The third kappa shape index (κ3) is 2.48. The first-order valence-corrected chi connectivity index (χ1v) is 5.18. The number of nitrogens with one attached hydrogen (secondary N) is 1. The highest BCUT2D eigenvalue weighted by Crippen LogP contribution is 2.25. The maximum Gasteiger partial charge on any atom is 0.325 e. The zero-order chi connectivity index (χ0) is 12.5. The van der Waals surface area contributed by atoms with Gasteiger partial charge in [0.05, 0.1) is 6.54 Å². The summed E-state index contributed by atoms with van der Waals surface area (Å²) in [6, 6.07) is -0.728. The van der Waals surface area contributed by atoms with Crippen LogP contribution in [0.3, 0.4) is 0 Å². The zero-order valence-electron chi connectivity index (χ0n) is 9.59. The van der Waals surface area contributed by atoms with Gasteiger partial charge >= 0.3 is 6.03 Å². The Morgan fingerprint density at radius 2 is 1.94 bits per heavy atom. The van der Waals surface area contributed by atoms with Crippen molar-refractivity contribution >= 4 is 11.9 Å². The largest absolute Gasteiger partial charge is 0.325 e. The number of rotatable bonds is 4. The summed E-state index contributed by atoms with van der Waals surface area (Å²) in [5, 5.41) is 2.47. The number of imide groups is 1. The highest BCUT2D eigenvalue weighted by Gasteiger charge is 2.48. The fourth-order valence-electron chi connectivity index (χ4n) is 2.01. The molecular weight excluding hydrogens is 218 g/mol. The normalized spacial score (nSPS) is 25.8. The number of alkyl halides is 2. The molecule has 4 nitrogen and oxygen atoms in total. The molecule has 1 fully saturated rings. The maximum absolute atomic E-state index is 12.2. The molecule has 1 N–H and O–H groups in total. The predicted octanol–water partition coefficient (Wildman–Crippen LogP) is 1.61. The second-order valence-corrected chi connectivity index (χ2v) is 4.67. The lowest BCUT2D eigenvalue weighted by Gasteiger charge is -2.23. The van der Waals surface area contributed by atoms with Crippen LogP contribution in [0.25, 0.3) is 0 Å². The molecule has 16 heavy (non-hydrogen) atoms. The molecule has 1 aliphatic rings. The summed E-state index contributed by atoms with van der Waals surface area (Å²) in [6.07, 6.45) is -2.26. The first-order valence-electron chi connectivity index (χ1n) is 5.18. The molecule has 92 valence electrons. The van der Waals surface area contributed by atoms with E-state index < -0.39 is 30.4 Å². The lowest BCUT2D eigenvalue weighted by atomic mass is 9.91. The quantitative estimate of drug-likeness (QED) is 0.751. The highest BCUT2D eigenvalue weighted by atomic mass is 19.3. The van der Waals surface area contributed by atoms with Crippen LogP contribution in [0, 0.1) is 5.92 Å². The minimum absolute atomic E-state index is 0.195. The molecule has 1 unspecified atom stereocenters. The van der Waals surface area contributed by atoms with Crippen LogP contribution in [0.1, 0.15) is 27.2 Å². The maximum atomic E-state index is 12.2. The Morgan fingerprint density at radius 3 is 2.38 bits per heavy atom. The van der Waals surface area contributed by atoms with E-state index in [1.54, 1.807) is 6.92 Å². The van der Waals surface area contributed by atoms with Crippen molar-refractivity contribution in [1.82, 2.24) is 10.2 Å². The Kier molecular flexibility index (Phi) is 3.50. The van der Waals surface area contributed by atoms with Crippen molar-refractivity contribution in [2.75, 3.05) is 6.54 Å². The fourth-order valence-corrected chi connectivity index (χ4v) is 2.01. The zero-order valence-corrected chi connectivity index (χ0v) is 9.59. The third-order valence-electron chi connectivity index (χ3n) is 2.48. The SMILES string of the molecule is CC(C)CC1(C)NC(=O)N(CC(F)F)C1=O. The van der Waals surface area contributed by atoms with Gasteiger partial charge in [-0.05, 0) is 19.3 Å². The van der Waals surface area contributed by atoms with Gasteiger partial charge in [-0.3, -0.25) is 9.69 Å². The number of carbonyl (C=O) groups is 2. The summed E-state index contributed by atoms with van der Waals surface area (Å²) in [5.41, 5.74) is -1.04. The summed E-state index contributed by atoms with van der Waals surface area (Å²) >= 11 is 0. The van der Waals surface area contributed by atoms with Crippen molar-refractivity contribution in [1.29, 1.82) is 0 Å². The van der Waals surface area contributed by atoms with E-state index >= 15 is 0 Å². The number of nitrogens with zero attached hydrogens (tertiary/aromatic N) is 1. The van der Waals surface area contributed by atoms with Gasteiger partial charge in [0.25, 0.3) is 12.3 Å². The predicted molar refractivity (Wildman–Crippen MR) is 54.1 cm³/mol. The van der Waals surface area contributed by atoms with Crippen LogP contribution < -0.4 is 5.32 Å². The van der Waals surface area contributed by atoms with Crippen molar-refractivity contribution in [3.8, 4) is 0 Å². The molecule has 0 radical (unpaired) electrons. The highest BCUT2D eigenvalue weighted by molar-refractivity contribution is 6.06. The monoisotopic (exact) mass is 234 g/mol. The Bertz CT molecular complexity index is 307. The van der Waals surface area contributed by atoms with Gasteiger partial charge in [-0.15, -0.1) is 0 Å². The standard InChI is InChI=1S/C10H16F2N2O2/c1-6(2)4-10(3)8(15)14(5-7(11)12)9(16)13-10/h6-7H,4-5H2,1-3H3,(H,13,16). The molecule has 1 atom stereocenters. The van der Waals surface area contributed by atoms with Gasteiger partial charge in [0.1, 0.15) is 5.54 Å². The van der Waals surface area contributed by atoms with Crippen molar-refractivity contribution in [2.45, 2.75) is 39.2 Å². The molecule has 0 spiro atoms. The molecule has 6 heteroatoms. The first-order chi connectivity index (χ1) is 7.26. The Balaban J connectivity index is 2.80. The molecule has 0 aromatic heterocycles. The number of halogens is 2. The molecule has 0 aromatic rings. The van der Waals surface area contributed by atoms with Crippen LogP contribution in [0.4, 0.5) is 13.6 Å². The summed E-state index contributed by atoms with van der Waals surface area (Å²) in [6.45, 7) is 4.54. The number of amides is 3. The summed E-state index contributed by atoms with van der Waals surface area (Å²) in [4.78, 5) is 23.8. The van der Waals surface area contributed by atoms with Crippen molar-refractivity contribution in [2.24, 2.45) is 5.92 Å². The van der Waals surface area contributed by atoms with Gasteiger partial charge < -0.3 is 5.32 Å². The van der Waals surface area contributed by atoms with Crippen LogP contribution in [-0.4, -0.2) is 35.3 Å². The number of hydrogen-bond donors (Lipinski definition) is 1. The minimum Gasteiger partial charge on any atom is -0.323 e. The average molecular weight is 234 g/mol. The number of urea groups is 1. The molecular formula is C10H16F2N2O2. The van der Waals surface area contributed by atoms with Crippen LogP contribution in [0.15, 0.2) is 0 Å². The smallest absolute Gasteiger partial charge is 0.323 e. The molecule has 3 amide bonds. The van der Waals surface area contributed by atoms with Crippen molar-refractivity contribution < 1.29 is 18.4 Å². The Morgan fingerprint density at radius 1 is 1.38 bits per heavy atom. The van der Waals surface area contributed by atoms with Gasteiger partial charge in [-0.2, -0.15) is 0 Å². The van der Waals surface area contributed by atoms with Crippen molar-refractivity contribution in [3.63, 3.8) is 0 Å². The molecule has 0 bridgehead atoms. The van der Waals surface area contributed by atoms with Gasteiger partial charge in [0.2, 0.25) is 0 Å². The van der Waals surface area contributed by atoms with Gasteiger partial charge in [0.15, 0.2) is 0 Å². The fraction of sp³-hybridized carbons (Fsp3) is 0.800. The van der Waals surface area contributed by atoms with E-state index in [4.69, 9.17) is 0 Å². The van der Waals surface area contributed by atoms with Crippen LogP contribution in [-0.2, 0) is 4.79 Å². The lowest BCUT2D eigenvalue weighted by Crippen LogP contribution is -2.45. The summed E-state index contributed by atoms with van der Waals surface area (Å²) in [7, 11) is 0. The number of carbonyl (C=O) groups excluding carboxylic acids is 2. The molecule has 1 saturated heterocycles. The van der Waals surface area contributed by atoms with E-state index in [1.165, 1.54) is 0 Å². The Hall–Kier alpha value is -1.20. The van der Waals surface area contributed by atoms with Crippen LogP contribution in [0.2, 0.25) is 0 Å². The molecule has 0 aromatic carbocycles. The summed E-state index contributed by atoms with van der Waals surface area (Å²) < 4.78 is 24.3. The van der Waals surface area contributed by atoms with Crippen LogP contribution >= 0.6 is 0 Å². The first kappa shape index (κ1) is 12.9. The topological polar surface area (TPSA) is 49.4 Å². The third-order valence-corrected chi connectivity index (χ3v) is 2.48. The molecule has 0 aliphatic carbocycles. The molecule has 1 aliphatic heterocycles. The van der Waals surface area contributed by atoms with Crippen molar-refractivity contribution in [3.05, 3.63) is 0 Å². The second-order valence-electron chi connectivity index (χ2n) is 4.67. The van der Waals surface area contributed by atoms with E-state index in [-0.39, 0.29) is 5.92 Å². The lowest BCUT2D eigenvalue weighted by molar-refractivity contribution is -0.132. The van der Waals surface area contributed by atoms with Gasteiger partial charge in [0, 0.05) is 0 Å². The van der Waals surface area contributed by atoms with E-state index in [0.29, 0.717) is 11.3 Å². The van der Waals surface area contributed by atoms with E-state index in [0.717, 1.165) is 0 Å². The second kappa shape index (κ2) is 4.35. The molecule has 1 rings (SSSR count). The van der Waals surface area contributed by atoms with E-state index in [9.17, 15) is 18.4 Å². The van der Waals surface area contributed by atoms with Gasteiger partial charge in [-0.25, -0.2) is 13.6 Å². The Labute approximate surface area is 93.0 Å². The molecule has 0 saturated carbocycles. The average Bonchev–Trinajstić information content (AvgIpc) is 2.27. The van der Waals surface area contributed by atoms with E-state index in [1.807, 2.05) is 13.8 Å². The molecule has 1 heterocycles. The van der Waals surface area contributed by atoms with Crippen LogP contribution in [0.5, 0.6) is 0 Å². The minimum atomic E-state index is -2.70. The van der Waals surface area contributed by atoms with Gasteiger partial charge in [-0.1, -0.05) is 13.8 Å². The summed E-state index contributed by atoms with van der Waals surface area (Å²) in [5.74, 6) is -0.368.